The Morgan fingerprint density at radius 1 is 1.16 bits per heavy atom. The second kappa shape index (κ2) is 12.5. The minimum absolute atomic E-state index is 0.191. The topological polar surface area (TPSA) is 61.8 Å². The Morgan fingerprint density at radius 3 is 2.48 bits per heavy atom. The summed E-state index contributed by atoms with van der Waals surface area (Å²) in [5, 5.41) is 9.14. The monoisotopic (exact) mass is 434 g/mol. The van der Waals surface area contributed by atoms with E-state index in [1.807, 2.05) is 19.2 Å². The number of methoxy groups -OCH3 is 1. The molecule has 0 spiro atoms. The number of ether oxygens (including phenoxy) is 1. The van der Waals surface area contributed by atoms with Gasteiger partial charge in [-0.2, -0.15) is 0 Å². The maximum Gasteiger partial charge on any atom is 0.246 e. The highest BCUT2D eigenvalue weighted by atomic mass is 19.1. The Balaban J connectivity index is 1.86. The van der Waals surface area contributed by atoms with Crippen LogP contribution in [0.15, 0.2) is 42.5 Å². The molecule has 170 valence electrons. The quantitative estimate of drug-likeness (QED) is 0.383. The molecule has 0 unspecified atom stereocenters. The molecule has 0 aliphatic heterocycles. The van der Waals surface area contributed by atoms with Gasteiger partial charge in [0.05, 0.1) is 6.10 Å². The number of aryl methyl sites for hydroxylation is 2. The molecule has 7 heteroatoms. The van der Waals surface area contributed by atoms with Gasteiger partial charge in [-0.05, 0) is 87.6 Å². The molecule has 1 amide bonds. The number of hydrogen-bond acceptors (Lipinski definition) is 4. The van der Waals surface area contributed by atoms with Crippen LogP contribution in [0, 0.1) is 24.5 Å². The zero-order chi connectivity index (χ0) is 22.8. The van der Waals surface area contributed by atoms with E-state index in [2.05, 4.69) is 4.90 Å². The third kappa shape index (κ3) is 8.01. The van der Waals surface area contributed by atoms with Crippen LogP contribution in [0.25, 0.3) is 0 Å². The summed E-state index contributed by atoms with van der Waals surface area (Å²) in [6.45, 7) is 3.26. The Labute approximate surface area is 183 Å². The van der Waals surface area contributed by atoms with Gasteiger partial charge in [-0.15, -0.1) is 0 Å². The molecule has 0 bridgehead atoms. The van der Waals surface area contributed by atoms with E-state index in [9.17, 15) is 13.6 Å². The number of halogens is 2. The molecule has 0 fully saturated rings. The molecule has 0 aliphatic rings. The first-order chi connectivity index (χ1) is 14.8. The average molecular weight is 435 g/mol. The van der Waals surface area contributed by atoms with Crippen molar-refractivity contribution in [3.05, 3.63) is 70.8 Å². The van der Waals surface area contributed by atoms with Gasteiger partial charge in [0, 0.05) is 13.0 Å². The molecule has 0 aliphatic carbocycles. The molecule has 0 aromatic heterocycles. The number of carbonyl (C=O) groups excluding carboxylic acids is 1. The van der Waals surface area contributed by atoms with Crippen LogP contribution in [-0.2, 0) is 16.0 Å². The van der Waals surface area contributed by atoms with Gasteiger partial charge in [0.2, 0.25) is 5.91 Å². The SMILES string of the molecule is CO[C@H](C[C@H](CCN(C)CCCc1ccc(F)c(C)c1)C(=O)NO)c1ccc(F)cc1. The third-order valence-corrected chi connectivity index (χ3v) is 5.59. The lowest BCUT2D eigenvalue weighted by Crippen LogP contribution is -2.32. The number of nitrogens with one attached hydrogen (secondary N) is 1. The number of amides is 1. The minimum atomic E-state index is -0.459. The first kappa shape index (κ1) is 24.9. The molecule has 0 saturated heterocycles. The minimum Gasteiger partial charge on any atom is -0.377 e. The Bertz CT molecular complexity index is 830. The number of benzene rings is 2. The van der Waals surface area contributed by atoms with E-state index < -0.39 is 11.8 Å². The van der Waals surface area contributed by atoms with Crippen molar-refractivity contribution in [1.82, 2.24) is 10.4 Å². The van der Waals surface area contributed by atoms with Gasteiger partial charge in [0.15, 0.2) is 0 Å². The normalized spacial score (nSPS) is 13.3. The highest BCUT2D eigenvalue weighted by molar-refractivity contribution is 5.77. The molecule has 0 heterocycles. The number of hydrogen-bond donors (Lipinski definition) is 2. The van der Waals surface area contributed by atoms with Crippen molar-refractivity contribution in [3.63, 3.8) is 0 Å². The standard InChI is InChI=1S/C24H32F2N2O3/c1-17-15-18(6-11-22(17)26)5-4-13-28(2)14-12-20(24(29)27-30)16-23(31-3)19-7-9-21(25)10-8-19/h6-11,15,20,23,30H,4-5,12-14,16H2,1-3H3,(H,27,29)/t20-,23+/m0/s1. The van der Waals surface area contributed by atoms with Crippen molar-refractivity contribution in [2.24, 2.45) is 5.92 Å². The number of hydroxylamine groups is 1. The Morgan fingerprint density at radius 2 is 1.87 bits per heavy atom. The van der Waals surface area contributed by atoms with Crippen molar-refractivity contribution in [1.29, 1.82) is 0 Å². The van der Waals surface area contributed by atoms with E-state index in [-0.39, 0.29) is 17.7 Å². The van der Waals surface area contributed by atoms with Gasteiger partial charge in [0.1, 0.15) is 11.6 Å². The largest absolute Gasteiger partial charge is 0.377 e. The van der Waals surface area contributed by atoms with E-state index >= 15 is 0 Å². The van der Waals surface area contributed by atoms with E-state index in [1.54, 1.807) is 31.6 Å². The molecular formula is C24H32F2N2O3. The van der Waals surface area contributed by atoms with Crippen molar-refractivity contribution < 1.29 is 23.5 Å². The highest BCUT2D eigenvalue weighted by Gasteiger charge is 2.24. The summed E-state index contributed by atoms with van der Waals surface area (Å²) in [5.74, 6) is -1.44. The Hall–Kier alpha value is -2.35. The van der Waals surface area contributed by atoms with Crippen LogP contribution in [-0.4, -0.2) is 43.3 Å². The fraction of sp³-hybridized carbons (Fsp3) is 0.458. The van der Waals surface area contributed by atoms with Crippen molar-refractivity contribution >= 4 is 5.91 Å². The first-order valence-electron chi connectivity index (χ1n) is 10.5. The molecule has 2 rings (SSSR count). The fourth-order valence-electron chi connectivity index (χ4n) is 3.65. The molecule has 0 radical (unpaired) electrons. The van der Waals surface area contributed by atoms with Crippen LogP contribution >= 0.6 is 0 Å². The van der Waals surface area contributed by atoms with Crippen LogP contribution in [0.1, 0.15) is 42.1 Å². The highest BCUT2D eigenvalue weighted by Crippen LogP contribution is 2.27. The predicted molar refractivity (Wildman–Crippen MR) is 116 cm³/mol. The summed E-state index contributed by atoms with van der Waals surface area (Å²) in [6, 6.07) is 11.2. The van der Waals surface area contributed by atoms with Gasteiger partial charge >= 0.3 is 0 Å². The molecule has 2 N–H and O–H groups in total. The maximum absolute atomic E-state index is 13.4. The van der Waals surface area contributed by atoms with Crippen LogP contribution in [0.5, 0.6) is 0 Å². The fourth-order valence-corrected chi connectivity index (χ4v) is 3.65. The summed E-state index contributed by atoms with van der Waals surface area (Å²) >= 11 is 0. The number of nitrogens with zero attached hydrogens (tertiary/aromatic N) is 1. The summed E-state index contributed by atoms with van der Waals surface area (Å²) < 4.78 is 32.1. The summed E-state index contributed by atoms with van der Waals surface area (Å²) in [5.41, 5.74) is 4.28. The molecule has 2 aromatic rings. The van der Waals surface area contributed by atoms with E-state index in [0.29, 0.717) is 24.9 Å². The molecular weight excluding hydrogens is 402 g/mol. The van der Waals surface area contributed by atoms with E-state index in [1.165, 1.54) is 18.2 Å². The van der Waals surface area contributed by atoms with Crippen LogP contribution < -0.4 is 5.48 Å². The Kier molecular flexibility index (Phi) is 10.0. The lowest BCUT2D eigenvalue weighted by Gasteiger charge is -2.24. The number of carbonyl (C=O) groups is 1. The smallest absolute Gasteiger partial charge is 0.246 e. The zero-order valence-electron chi connectivity index (χ0n) is 18.4. The van der Waals surface area contributed by atoms with E-state index in [4.69, 9.17) is 9.94 Å². The van der Waals surface area contributed by atoms with Crippen LogP contribution in [0.4, 0.5) is 8.78 Å². The van der Waals surface area contributed by atoms with Crippen molar-refractivity contribution in [2.75, 3.05) is 27.2 Å². The van der Waals surface area contributed by atoms with Crippen molar-refractivity contribution in [3.8, 4) is 0 Å². The van der Waals surface area contributed by atoms with Gasteiger partial charge < -0.3 is 9.64 Å². The van der Waals surface area contributed by atoms with Gasteiger partial charge in [-0.1, -0.05) is 24.3 Å². The summed E-state index contributed by atoms with van der Waals surface area (Å²) in [4.78, 5) is 14.3. The van der Waals surface area contributed by atoms with Crippen molar-refractivity contribution in [2.45, 2.75) is 38.7 Å². The molecule has 5 nitrogen and oxygen atoms in total. The van der Waals surface area contributed by atoms with Gasteiger partial charge in [-0.25, -0.2) is 14.3 Å². The third-order valence-electron chi connectivity index (χ3n) is 5.59. The maximum atomic E-state index is 13.4. The second-order valence-corrected chi connectivity index (χ2v) is 7.96. The van der Waals surface area contributed by atoms with Gasteiger partial charge in [-0.3, -0.25) is 10.0 Å². The summed E-state index contributed by atoms with van der Waals surface area (Å²) in [7, 11) is 3.53. The summed E-state index contributed by atoms with van der Waals surface area (Å²) in [6.07, 6.45) is 2.29. The van der Waals surface area contributed by atoms with E-state index in [0.717, 1.165) is 30.5 Å². The molecule has 2 aromatic carbocycles. The molecule has 2 atom stereocenters. The first-order valence-corrected chi connectivity index (χ1v) is 10.5. The molecule has 31 heavy (non-hydrogen) atoms. The van der Waals surface area contributed by atoms with Crippen LogP contribution in [0.2, 0.25) is 0 Å². The van der Waals surface area contributed by atoms with Gasteiger partial charge in [0.25, 0.3) is 0 Å². The zero-order valence-corrected chi connectivity index (χ0v) is 18.4. The predicted octanol–water partition coefficient (Wildman–Crippen LogP) is 4.43. The number of rotatable bonds is 12. The lowest BCUT2D eigenvalue weighted by molar-refractivity contribution is -0.135. The lowest BCUT2D eigenvalue weighted by atomic mass is 9.93. The molecule has 0 saturated carbocycles. The average Bonchev–Trinajstić information content (AvgIpc) is 2.76. The second-order valence-electron chi connectivity index (χ2n) is 7.96. The van der Waals surface area contributed by atoms with Crippen LogP contribution in [0.3, 0.4) is 0 Å².